The van der Waals surface area contributed by atoms with E-state index in [1.165, 1.54) is 0 Å². The fraction of sp³-hybridized carbons (Fsp3) is 0.714. The Hall–Kier alpha value is -1.92. The Kier molecular flexibility index (Phi) is 4.59. The molecule has 0 aromatic carbocycles. The van der Waals surface area contributed by atoms with E-state index in [4.69, 9.17) is 4.74 Å². The standard InChI is InChI=1S/C14H22N4O3/c1-14(2,3)21-13(20)17-6-4-5-11(7-17)8-18-9-12(10-19)15-16-18/h9-11H,4-8H2,1-3H3. The Morgan fingerprint density at radius 2 is 2.29 bits per heavy atom. The fourth-order valence-corrected chi connectivity index (χ4v) is 2.43. The molecule has 0 saturated carbocycles. The topological polar surface area (TPSA) is 77.3 Å². The average Bonchev–Trinajstić information content (AvgIpc) is 2.85. The van der Waals surface area contributed by atoms with Gasteiger partial charge in [0.05, 0.1) is 6.20 Å². The number of ether oxygens (including phenoxy) is 1. The summed E-state index contributed by atoms with van der Waals surface area (Å²) in [4.78, 5) is 24.4. The molecule has 1 aromatic rings. The van der Waals surface area contributed by atoms with E-state index < -0.39 is 5.60 Å². The van der Waals surface area contributed by atoms with E-state index >= 15 is 0 Å². The predicted molar refractivity (Wildman–Crippen MR) is 75.9 cm³/mol. The Labute approximate surface area is 124 Å². The maximum atomic E-state index is 12.1. The Morgan fingerprint density at radius 1 is 1.52 bits per heavy atom. The van der Waals surface area contributed by atoms with E-state index in [0.717, 1.165) is 19.4 Å². The van der Waals surface area contributed by atoms with Crippen molar-refractivity contribution in [2.24, 2.45) is 5.92 Å². The minimum atomic E-state index is -0.477. The van der Waals surface area contributed by atoms with Gasteiger partial charge in [-0.2, -0.15) is 0 Å². The average molecular weight is 294 g/mol. The van der Waals surface area contributed by atoms with Gasteiger partial charge in [-0.05, 0) is 39.5 Å². The third kappa shape index (κ3) is 4.54. The van der Waals surface area contributed by atoms with E-state index in [1.807, 2.05) is 20.8 Å². The Morgan fingerprint density at radius 3 is 2.90 bits per heavy atom. The van der Waals surface area contributed by atoms with Crippen molar-refractivity contribution in [1.29, 1.82) is 0 Å². The number of piperidine rings is 1. The first kappa shape index (κ1) is 15.5. The quantitative estimate of drug-likeness (QED) is 0.793. The maximum Gasteiger partial charge on any atom is 0.410 e. The van der Waals surface area contributed by atoms with Crippen LogP contribution >= 0.6 is 0 Å². The van der Waals surface area contributed by atoms with Gasteiger partial charge < -0.3 is 9.64 Å². The normalized spacial score (nSPS) is 19.4. The molecule has 116 valence electrons. The summed E-state index contributed by atoms with van der Waals surface area (Å²) >= 11 is 0. The summed E-state index contributed by atoms with van der Waals surface area (Å²) in [7, 11) is 0. The number of nitrogens with zero attached hydrogens (tertiary/aromatic N) is 4. The highest BCUT2D eigenvalue weighted by Crippen LogP contribution is 2.20. The molecule has 1 fully saturated rings. The molecule has 1 atom stereocenters. The lowest BCUT2D eigenvalue weighted by molar-refractivity contribution is 0.0155. The van der Waals surface area contributed by atoms with Crippen LogP contribution in [-0.4, -0.2) is 51.0 Å². The highest BCUT2D eigenvalue weighted by Gasteiger charge is 2.27. The van der Waals surface area contributed by atoms with Crippen LogP contribution in [0.25, 0.3) is 0 Å². The van der Waals surface area contributed by atoms with E-state index in [1.54, 1.807) is 15.8 Å². The number of aromatic nitrogens is 3. The number of hydrogen-bond donors (Lipinski definition) is 0. The van der Waals surface area contributed by atoms with Crippen LogP contribution in [0.3, 0.4) is 0 Å². The lowest BCUT2D eigenvalue weighted by atomic mass is 9.98. The second kappa shape index (κ2) is 6.24. The van der Waals surface area contributed by atoms with E-state index in [2.05, 4.69) is 10.3 Å². The molecule has 7 heteroatoms. The molecule has 1 aliphatic rings. The Bertz CT molecular complexity index is 507. The van der Waals surface area contributed by atoms with Gasteiger partial charge in [0.1, 0.15) is 11.3 Å². The molecule has 0 spiro atoms. The molecular weight excluding hydrogens is 272 g/mol. The van der Waals surface area contributed by atoms with Crippen LogP contribution in [0.1, 0.15) is 44.1 Å². The van der Waals surface area contributed by atoms with Crippen LogP contribution in [0.2, 0.25) is 0 Å². The maximum absolute atomic E-state index is 12.1. The molecule has 0 bridgehead atoms. The molecule has 1 amide bonds. The number of amides is 1. The first-order chi connectivity index (χ1) is 9.87. The van der Waals surface area contributed by atoms with Crippen molar-refractivity contribution in [3.63, 3.8) is 0 Å². The minimum absolute atomic E-state index is 0.264. The SMILES string of the molecule is CC(C)(C)OC(=O)N1CCCC(Cn2cc(C=O)nn2)C1. The summed E-state index contributed by atoms with van der Waals surface area (Å²) in [5, 5.41) is 7.65. The molecule has 0 aliphatic carbocycles. The Balaban J connectivity index is 1.91. The second-order valence-corrected chi connectivity index (χ2v) is 6.42. The van der Waals surface area contributed by atoms with Crippen LogP contribution in [0, 0.1) is 5.92 Å². The summed E-state index contributed by atoms with van der Waals surface area (Å²) < 4.78 is 7.06. The van der Waals surface area contributed by atoms with Gasteiger partial charge in [-0.3, -0.25) is 9.48 Å². The fourth-order valence-electron chi connectivity index (χ4n) is 2.43. The molecule has 1 aromatic heterocycles. The van der Waals surface area contributed by atoms with Gasteiger partial charge in [0.2, 0.25) is 0 Å². The van der Waals surface area contributed by atoms with Crippen LogP contribution in [-0.2, 0) is 11.3 Å². The highest BCUT2D eigenvalue weighted by atomic mass is 16.6. The summed E-state index contributed by atoms with van der Waals surface area (Å²) in [5.74, 6) is 0.299. The molecule has 2 heterocycles. The van der Waals surface area contributed by atoms with Crippen molar-refractivity contribution >= 4 is 12.4 Å². The van der Waals surface area contributed by atoms with Crippen molar-refractivity contribution in [2.45, 2.75) is 45.8 Å². The van der Waals surface area contributed by atoms with Gasteiger partial charge in [-0.25, -0.2) is 4.79 Å². The molecule has 0 N–H and O–H groups in total. The number of carbonyl (C=O) groups is 2. The zero-order valence-electron chi connectivity index (χ0n) is 12.8. The lowest BCUT2D eigenvalue weighted by Gasteiger charge is -2.34. The van der Waals surface area contributed by atoms with Gasteiger partial charge in [0.15, 0.2) is 6.29 Å². The zero-order valence-corrected chi connectivity index (χ0v) is 12.8. The van der Waals surface area contributed by atoms with Crippen molar-refractivity contribution in [1.82, 2.24) is 19.9 Å². The van der Waals surface area contributed by atoms with E-state index in [-0.39, 0.29) is 6.09 Å². The summed E-state index contributed by atoms with van der Waals surface area (Å²) in [5.41, 5.74) is -0.149. The molecule has 21 heavy (non-hydrogen) atoms. The molecule has 1 saturated heterocycles. The highest BCUT2D eigenvalue weighted by molar-refractivity contribution is 5.70. The molecule has 7 nitrogen and oxygen atoms in total. The van der Waals surface area contributed by atoms with Gasteiger partial charge in [-0.1, -0.05) is 5.21 Å². The number of aldehydes is 1. The number of likely N-dealkylation sites (tertiary alicyclic amines) is 1. The third-order valence-electron chi connectivity index (χ3n) is 3.29. The smallest absolute Gasteiger partial charge is 0.410 e. The van der Waals surface area contributed by atoms with Gasteiger partial charge in [-0.15, -0.1) is 5.10 Å². The second-order valence-electron chi connectivity index (χ2n) is 6.42. The molecule has 1 aliphatic heterocycles. The van der Waals surface area contributed by atoms with Crippen LogP contribution in [0.4, 0.5) is 4.79 Å². The summed E-state index contributed by atoms with van der Waals surface area (Å²) in [6.07, 6.45) is 4.00. The molecule has 1 unspecified atom stereocenters. The minimum Gasteiger partial charge on any atom is -0.444 e. The predicted octanol–water partition coefficient (Wildman–Crippen LogP) is 1.74. The van der Waals surface area contributed by atoms with Gasteiger partial charge >= 0.3 is 6.09 Å². The largest absolute Gasteiger partial charge is 0.444 e. The van der Waals surface area contributed by atoms with Crippen LogP contribution in [0.5, 0.6) is 0 Å². The van der Waals surface area contributed by atoms with Crippen molar-refractivity contribution in [3.8, 4) is 0 Å². The lowest BCUT2D eigenvalue weighted by Crippen LogP contribution is -2.43. The van der Waals surface area contributed by atoms with E-state index in [9.17, 15) is 9.59 Å². The van der Waals surface area contributed by atoms with Crippen LogP contribution < -0.4 is 0 Å². The third-order valence-corrected chi connectivity index (χ3v) is 3.29. The number of rotatable bonds is 3. The van der Waals surface area contributed by atoms with Crippen molar-refractivity contribution in [2.75, 3.05) is 13.1 Å². The summed E-state index contributed by atoms with van der Waals surface area (Å²) in [6.45, 7) is 7.61. The van der Waals surface area contributed by atoms with Gasteiger partial charge in [0, 0.05) is 19.6 Å². The molecule has 0 radical (unpaired) electrons. The number of carbonyl (C=O) groups excluding carboxylic acids is 2. The van der Waals surface area contributed by atoms with Crippen molar-refractivity contribution in [3.05, 3.63) is 11.9 Å². The molecule has 2 rings (SSSR count). The van der Waals surface area contributed by atoms with E-state index in [0.29, 0.717) is 31.0 Å². The first-order valence-corrected chi connectivity index (χ1v) is 7.20. The van der Waals surface area contributed by atoms with Gasteiger partial charge in [0.25, 0.3) is 0 Å². The first-order valence-electron chi connectivity index (χ1n) is 7.20. The monoisotopic (exact) mass is 294 g/mol. The van der Waals surface area contributed by atoms with Crippen molar-refractivity contribution < 1.29 is 14.3 Å². The number of hydrogen-bond acceptors (Lipinski definition) is 5. The van der Waals surface area contributed by atoms with Crippen LogP contribution in [0.15, 0.2) is 6.20 Å². The summed E-state index contributed by atoms with van der Waals surface area (Å²) in [6, 6.07) is 0. The molecular formula is C14H22N4O3. The zero-order chi connectivity index (χ0) is 15.5.